The summed E-state index contributed by atoms with van der Waals surface area (Å²) in [7, 11) is -3.28. The van der Waals surface area contributed by atoms with Gasteiger partial charge in [0.1, 0.15) is 18.0 Å². The van der Waals surface area contributed by atoms with E-state index < -0.39 is 9.84 Å². The van der Waals surface area contributed by atoms with Crippen LogP contribution in [-0.4, -0.2) is 60.8 Å². The first-order valence-electron chi connectivity index (χ1n) is 8.23. The number of piperazine rings is 1. The SMILES string of the molecule is CS(=O)(=O)c1ccc2ncnc(N3CCN(c4cnccn4)CC3)c2c1. The van der Waals surface area contributed by atoms with E-state index in [1.807, 2.05) is 0 Å². The van der Waals surface area contributed by atoms with Gasteiger partial charge in [-0.15, -0.1) is 0 Å². The van der Waals surface area contributed by atoms with E-state index in [0.29, 0.717) is 0 Å². The third kappa shape index (κ3) is 3.17. The molecule has 0 N–H and O–H groups in total. The zero-order valence-electron chi connectivity index (χ0n) is 14.3. The normalized spacial score (nSPS) is 15.4. The minimum atomic E-state index is -3.28. The van der Waals surface area contributed by atoms with Crippen molar-refractivity contribution in [2.75, 3.05) is 42.2 Å². The Morgan fingerprint density at radius 3 is 2.42 bits per heavy atom. The van der Waals surface area contributed by atoms with Gasteiger partial charge in [0.05, 0.1) is 16.6 Å². The van der Waals surface area contributed by atoms with Crippen LogP contribution in [0.5, 0.6) is 0 Å². The van der Waals surface area contributed by atoms with Crippen molar-refractivity contribution in [3.63, 3.8) is 0 Å². The topological polar surface area (TPSA) is 92.2 Å². The zero-order chi connectivity index (χ0) is 18.1. The fourth-order valence-corrected chi connectivity index (χ4v) is 3.75. The number of rotatable bonds is 3. The highest BCUT2D eigenvalue weighted by molar-refractivity contribution is 7.90. The summed E-state index contributed by atoms with van der Waals surface area (Å²) < 4.78 is 23.8. The predicted molar refractivity (Wildman–Crippen MR) is 99.1 cm³/mol. The lowest BCUT2D eigenvalue weighted by molar-refractivity contribution is 0.602. The smallest absolute Gasteiger partial charge is 0.175 e. The maximum atomic E-state index is 11.9. The van der Waals surface area contributed by atoms with E-state index in [1.54, 1.807) is 36.8 Å². The van der Waals surface area contributed by atoms with Gasteiger partial charge in [-0.05, 0) is 18.2 Å². The van der Waals surface area contributed by atoms with Crippen molar-refractivity contribution in [3.8, 4) is 0 Å². The number of anilines is 2. The van der Waals surface area contributed by atoms with Crippen LogP contribution in [0.15, 0.2) is 48.0 Å². The third-order valence-corrected chi connectivity index (χ3v) is 5.58. The van der Waals surface area contributed by atoms with Crippen LogP contribution >= 0.6 is 0 Å². The molecule has 1 aromatic carbocycles. The van der Waals surface area contributed by atoms with Crippen LogP contribution in [-0.2, 0) is 9.84 Å². The molecular weight excluding hydrogens is 352 g/mol. The summed E-state index contributed by atoms with van der Waals surface area (Å²) in [6, 6.07) is 4.97. The van der Waals surface area contributed by atoms with E-state index in [-0.39, 0.29) is 4.90 Å². The lowest BCUT2D eigenvalue weighted by Gasteiger charge is -2.36. The summed E-state index contributed by atoms with van der Waals surface area (Å²) in [5.74, 6) is 1.62. The Balaban J connectivity index is 1.63. The van der Waals surface area contributed by atoms with Gasteiger partial charge in [0.15, 0.2) is 9.84 Å². The van der Waals surface area contributed by atoms with Crippen LogP contribution in [0, 0.1) is 0 Å². The van der Waals surface area contributed by atoms with Crippen LogP contribution in [0.3, 0.4) is 0 Å². The monoisotopic (exact) mass is 370 g/mol. The molecule has 4 rings (SSSR count). The highest BCUT2D eigenvalue weighted by Crippen LogP contribution is 2.27. The van der Waals surface area contributed by atoms with Gasteiger partial charge in [-0.3, -0.25) is 4.98 Å². The summed E-state index contributed by atoms with van der Waals surface area (Å²) in [5.41, 5.74) is 0.735. The lowest BCUT2D eigenvalue weighted by atomic mass is 10.2. The molecule has 134 valence electrons. The second kappa shape index (κ2) is 6.49. The minimum absolute atomic E-state index is 0.277. The number of fused-ring (bicyclic) bond motifs is 1. The van der Waals surface area contributed by atoms with Gasteiger partial charge in [-0.1, -0.05) is 0 Å². The number of nitrogens with zero attached hydrogens (tertiary/aromatic N) is 6. The zero-order valence-corrected chi connectivity index (χ0v) is 15.1. The fraction of sp³-hybridized carbons (Fsp3) is 0.294. The van der Waals surface area contributed by atoms with Gasteiger partial charge in [-0.2, -0.15) is 0 Å². The second-order valence-corrected chi connectivity index (χ2v) is 8.20. The molecule has 0 spiro atoms. The first-order chi connectivity index (χ1) is 12.5. The van der Waals surface area contributed by atoms with Crippen molar-refractivity contribution in [2.24, 2.45) is 0 Å². The van der Waals surface area contributed by atoms with Crippen molar-refractivity contribution < 1.29 is 8.42 Å². The third-order valence-electron chi connectivity index (χ3n) is 4.47. The molecule has 0 amide bonds. The lowest BCUT2D eigenvalue weighted by Crippen LogP contribution is -2.47. The van der Waals surface area contributed by atoms with Crippen LogP contribution in [0.2, 0.25) is 0 Å². The Hall–Kier alpha value is -2.81. The molecule has 0 radical (unpaired) electrons. The number of sulfone groups is 1. The Morgan fingerprint density at radius 1 is 0.962 bits per heavy atom. The van der Waals surface area contributed by atoms with E-state index >= 15 is 0 Å². The molecule has 2 aromatic heterocycles. The van der Waals surface area contributed by atoms with Gasteiger partial charge in [0.25, 0.3) is 0 Å². The van der Waals surface area contributed by atoms with Crippen molar-refractivity contribution in [1.29, 1.82) is 0 Å². The first kappa shape index (κ1) is 16.6. The van der Waals surface area contributed by atoms with E-state index in [9.17, 15) is 8.42 Å². The Morgan fingerprint density at radius 2 is 1.73 bits per heavy atom. The summed E-state index contributed by atoms with van der Waals surface area (Å²) >= 11 is 0. The molecule has 0 atom stereocenters. The van der Waals surface area contributed by atoms with Crippen LogP contribution in [0.4, 0.5) is 11.6 Å². The number of hydrogen-bond donors (Lipinski definition) is 0. The fourth-order valence-electron chi connectivity index (χ4n) is 3.11. The minimum Gasteiger partial charge on any atom is -0.352 e. The van der Waals surface area contributed by atoms with E-state index in [2.05, 4.69) is 29.7 Å². The highest BCUT2D eigenvalue weighted by atomic mass is 32.2. The predicted octanol–water partition coefficient (Wildman–Crippen LogP) is 1.15. The van der Waals surface area contributed by atoms with Gasteiger partial charge < -0.3 is 9.80 Å². The molecule has 1 aliphatic heterocycles. The molecule has 26 heavy (non-hydrogen) atoms. The van der Waals surface area contributed by atoms with Crippen LogP contribution < -0.4 is 9.80 Å². The van der Waals surface area contributed by atoms with Gasteiger partial charge in [-0.25, -0.2) is 23.4 Å². The van der Waals surface area contributed by atoms with E-state index in [4.69, 9.17) is 0 Å². The molecule has 0 aliphatic carbocycles. The van der Waals surface area contributed by atoms with Crippen molar-refractivity contribution in [3.05, 3.63) is 43.1 Å². The number of aromatic nitrogens is 4. The molecule has 0 bridgehead atoms. The Kier molecular flexibility index (Phi) is 4.15. The summed E-state index contributed by atoms with van der Waals surface area (Å²) in [6.07, 6.45) is 7.83. The maximum absolute atomic E-state index is 11.9. The highest BCUT2D eigenvalue weighted by Gasteiger charge is 2.21. The molecule has 3 aromatic rings. The first-order valence-corrected chi connectivity index (χ1v) is 10.1. The average Bonchev–Trinajstić information content (AvgIpc) is 2.67. The summed E-state index contributed by atoms with van der Waals surface area (Å²) in [6.45, 7) is 3.09. The largest absolute Gasteiger partial charge is 0.352 e. The van der Waals surface area contributed by atoms with Crippen molar-refractivity contribution >= 4 is 32.4 Å². The average molecular weight is 370 g/mol. The molecule has 8 nitrogen and oxygen atoms in total. The maximum Gasteiger partial charge on any atom is 0.175 e. The van der Waals surface area contributed by atoms with E-state index in [1.165, 1.54) is 12.6 Å². The Bertz CT molecular complexity index is 1030. The quantitative estimate of drug-likeness (QED) is 0.678. The van der Waals surface area contributed by atoms with Crippen molar-refractivity contribution in [2.45, 2.75) is 4.90 Å². The van der Waals surface area contributed by atoms with Crippen LogP contribution in [0.1, 0.15) is 0 Å². The Labute approximate surface area is 151 Å². The molecule has 0 saturated carbocycles. The number of benzene rings is 1. The molecule has 1 saturated heterocycles. The van der Waals surface area contributed by atoms with E-state index in [0.717, 1.165) is 48.7 Å². The number of hydrogen-bond acceptors (Lipinski definition) is 8. The van der Waals surface area contributed by atoms with Gasteiger partial charge in [0, 0.05) is 50.2 Å². The molecule has 9 heteroatoms. The molecule has 1 fully saturated rings. The molecular formula is C17H18N6O2S. The summed E-state index contributed by atoms with van der Waals surface area (Å²) in [5, 5.41) is 0.753. The van der Waals surface area contributed by atoms with Gasteiger partial charge in [0.2, 0.25) is 0 Å². The van der Waals surface area contributed by atoms with Crippen LogP contribution in [0.25, 0.3) is 10.9 Å². The second-order valence-electron chi connectivity index (χ2n) is 6.19. The molecule has 0 unspecified atom stereocenters. The molecule has 3 heterocycles. The molecule has 1 aliphatic rings. The van der Waals surface area contributed by atoms with Gasteiger partial charge >= 0.3 is 0 Å². The van der Waals surface area contributed by atoms with Crippen molar-refractivity contribution in [1.82, 2.24) is 19.9 Å². The summed E-state index contributed by atoms with van der Waals surface area (Å²) in [4.78, 5) is 21.8. The standard InChI is InChI=1S/C17H18N6O2S/c1-26(24,25)13-2-3-15-14(10-13)17(21-12-20-15)23-8-6-22(7-9-23)16-11-18-4-5-19-16/h2-5,10-12H,6-9H2,1H3.